The van der Waals surface area contributed by atoms with Crippen LogP contribution in [0.25, 0.3) is 0 Å². The minimum atomic E-state index is -0.0998. The summed E-state index contributed by atoms with van der Waals surface area (Å²) in [4.78, 5) is 26.5. The van der Waals surface area contributed by atoms with Crippen molar-refractivity contribution in [3.63, 3.8) is 0 Å². The van der Waals surface area contributed by atoms with E-state index in [1.165, 1.54) is 23.5 Å². The lowest BCUT2D eigenvalue weighted by Crippen LogP contribution is -2.14. The molecule has 0 aliphatic rings. The Bertz CT molecular complexity index is 1210. The van der Waals surface area contributed by atoms with E-state index in [1.54, 1.807) is 43.4 Å². The highest BCUT2D eigenvalue weighted by atomic mass is 33.1. The van der Waals surface area contributed by atoms with Crippen LogP contribution in [-0.4, -0.2) is 52.8 Å². The van der Waals surface area contributed by atoms with Crippen LogP contribution in [0.15, 0.2) is 81.3 Å². The molecule has 0 atom stereocenters. The van der Waals surface area contributed by atoms with Crippen molar-refractivity contribution in [2.45, 2.75) is 20.1 Å². The maximum Gasteiger partial charge on any atom is 0.234 e. The summed E-state index contributed by atoms with van der Waals surface area (Å²) in [6, 6.07) is 15.4. The molecule has 0 bridgehead atoms. The first kappa shape index (κ1) is 26.1. The molecule has 2 amide bonds. The standard InChI is InChI=1S/C22H22N8O2S4/c1-29-13-23-27-21(29)33-11-19(31)25-15-3-7-17(8-4-15)35-36-18-9-5-16(6-10-18)26-20(32)12-34-22-28-24-14-30(22)2/h3-10,13-14H,11-12H2,1-2H3,(H,25,31)(H,26,32). The SMILES string of the molecule is Cn1cnnc1SCC(=O)Nc1ccc(SSc2ccc(NC(=O)CSc3nncn3C)cc2)cc1. The van der Waals surface area contributed by atoms with Gasteiger partial charge >= 0.3 is 0 Å². The molecule has 0 saturated heterocycles. The fourth-order valence-electron chi connectivity index (χ4n) is 2.74. The van der Waals surface area contributed by atoms with Crippen molar-refractivity contribution in [1.29, 1.82) is 0 Å². The van der Waals surface area contributed by atoms with Crippen molar-refractivity contribution in [2.24, 2.45) is 14.1 Å². The number of anilines is 2. The maximum absolute atomic E-state index is 12.2. The van der Waals surface area contributed by atoms with Crippen LogP contribution in [-0.2, 0) is 23.7 Å². The summed E-state index contributed by atoms with van der Waals surface area (Å²) in [6.45, 7) is 0. The number of hydrogen-bond acceptors (Lipinski definition) is 10. The zero-order valence-electron chi connectivity index (χ0n) is 19.3. The highest BCUT2D eigenvalue weighted by molar-refractivity contribution is 8.76. The molecule has 0 aliphatic heterocycles. The number of aromatic nitrogens is 6. The van der Waals surface area contributed by atoms with Crippen molar-refractivity contribution in [1.82, 2.24) is 29.5 Å². The van der Waals surface area contributed by atoms with Crippen molar-refractivity contribution < 1.29 is 9.59 Å². The average molecular weight is 559 g/mol. The number of carbonyl (C=O) groups excluding carboxylic acids is 2. The third kappa shape index (κ3) is 7.78. The molecule has 186 valence electrons. The van der Waals surface area contributed by atoms with Gasteiger partial charge in [-0.05, 0) is 48.5 Å². The monoisotopic (exact) mass is 558 g/mol. The predicted octanol–water partition coefficient (Wildman–Crippen LogP) is 4.20. The Balaban J connectivity index is 1.18. The van der Waals surface area contributed by atoms with E-state index in [0.29, 0.717) is 10.3 Å². The van der Waals surface area contributed by atoms with E-state index in [4.69, 9.17) is 0 Å². The zero-order chi connectivity index (χ0) is 25.3. The molecule has 4 rings (SSSR count). The lowest BCUT2D eigenvalue weighted by molar-refractivity contribution is -0.114. The normalized spacial score (nSPS) is 10.8. The number of nitrogens with zero attached hydrogens (tertiary/aromatic N) is 6. The minimum absolute atomic E-state index is 0.0998. The summed E-state index contributed by atoms with van der Waals surface area (Å²) >= 11 is 2.67. The van der Waals surface area contributed by atoms with Crippen LogP contribution in [0.1, 0.15) is 0 Å². The van der Waals surface area contributed by atoms with Gasteiger partial charge in [-0.2, -0.15) is 0 Å². The topological polar surface area (TPSA) is 120 Å². The van der Waals surface area contributed by atoms with Gasteiger partial charge < -0.3 is 19.8 Å². The van der Waals surface area contributed by atoms with Crippen molar-refractivity contribution in [3.05, 3.63) is 61.2 Å². The molecule has 0 radical (unpaired) electrons. The van der Waals surface area contributed by atoms with E-state index in [2.05, 4.69) is 31.0 Å². The highest BCUT2D eigenvalue weighted by Crippen LogP contribution is 2.38. The fraction of sp³-hybridized carbons (Fsp3) is 0.182. The number of benzene rings is 2. The molecule has 0 unspecified atom stereocenters. The number of amides is 2. The fourth-order valence-corrected chi connectivity index (χ4v) is 6.05. The van der Waals surface area contributed by atoms with E-state index in [1.807, 2.05) is 62.6 Å². The summed E-state index contributed by atoms with van der Waals surface area (Å²) in [5, 5.41) is 22.7. The molecule has 14 heteroatoms. The van der Waals surface area contributed by atoms with E-state index < -0.39 is 0 Å². The molecule has 36 heavy (non-hydrogen) atoms. The second kappa shape index (κ2) is 12.9. The van der Waals surface area contributed by atoms with Gasteiger partial charge in [0.05, 0.1) is 11.5 Å². The average Bonchev–Trinajstić information content (AvgIpc) is 3.49. The number of thioether (sulfide) groups is 2. The molecule has 0 spiro atoms. The number of rotatable bonds is 11. The predicted molar refractivity (Wildman–Crippen MR) is 145 cm³/mol. The van der Waals surface area contributed by atoms with Gasteiger partial charge in [0, 0.05) is 35.3 Å². The second-order valence-corrected chi connectivity index (χ2v) is 11.5. The van der Waals surface area contributed by atoms with Gasteiger partial charge in [0.1, 0.15) is 12.7 Å². The van der Waals surface area contributed by atoms with Crippen LogP contribution < -0.4 is 10.6 Å². The van der Waals surface area contributed by atoms with E-state index in [-0.39, 0.29) is 23.3 Å². The van der Waals surface area contributed by atoms with Crippen LogP contribution in [0.4, 0.5) is 11.4 Å². The molecule has 2 heterocycles. The molecule has 0 fully saturated rings. The molecular formula is C22H22N8O2S4. The first-order valence-corrected chi connectivity index (χ1v) is 14.7. The van der Waals surface area contributed by atoms with Crippen molar-refractivity contribution >= 4 is 68.3 Å². The summed E-state index contributed by atoms with van der Waals surface area (Å²) in [5.41, 5.74) is 1.48. The van der Waals surface area contributed by atoms with E-state index in [0.717, 1.165) is 21.2 Å². The smallest absolute Gasteiger partial charge is 0.234 e. The third-order valence-corrected chi connectivity index (χ3v) is 9.00. The van der Waals surface area contributed by atoms with Gasteiger partial charge in [0.2, 0.25) is 11.8 Å². The minimum Gasteiger partial charge on any atom is -0.325 e. The van der Waals surface area contributed by atoms with Crippen molar-refractivity contribution in [2.75, 3.05) is 22.1 Å². The van der Waals surface area contributed by atoms with Crippen LogP contribution in [0.5, 0.6) is 0 Å². The molecule has 2 aromatic carbocycles. The Hall–Kier alpha value is -2.94. The van der Waals surface area contributed by atoms with Gasteiger partial charge in [-0.15, -0.1) is 20.4 Å². The van der Waals surface area contributed by atoms with E-state index >= 15 is 0 Å². The largest absolute Gasteiger partial charge is 0.325 e. The Kier molecular flexibility index (Phi) is 9.33. The van der Waals surface area contributed by atoms with Crippen LogP contribution in [0.3, 0.4) is 0 Å². The first-order chi connectivity index (χ1) is 17.5. The van der Waals surface area contributed by atoms with Crippen LogP contribution in [0, 0.1) is 0 Å². The maximum atomic E-state index is 12.2. The third-order valence-electron chi connectivity index (χ3n) is 4.51. The van der Waals surface area contributed by atoms with Gasteiger partial charge in [-0.25, -0.2) is 0 Å². The molecular weight excluding hydrogens is 537 g/mol. The number of carbonyl (C=O) groups is 2. The summed E-state index contributed by atoms with van der Waals surface area (Å²) < 4.78 is 3.54. The first-order valence-electron chi connectivity index (χ1n) is 10.5. The summed E-state index contributed by atoms with van der Waals surface area (Å²) in [5.74, 6) is 0.320. The lowest BCUT2D eigenvalue weighted by atomic mass is 10.3. The molecule has 2 aromatic heterocycles. The second-order valence-electron chi connectivity index (χ2n) is 7.34. The van der Waals surface area contributed by atoms with Gasteiger partial charge in [0.25, 0.3) is 0 Å². The molecule has 4 aromatic rings. The number of hydrogen-bond donors (Lipinski definition) is 2. The van der Waals surface area contributed by atoms with Crippen molar-refractivity contribution in [3.8, 4) is 0 Å². The Morgan fingerprint density at radius 3 is 1.42 bits per heavy atom. The number of nitrogens with one attached hydrogen (secondary N) is 2. The summed E-state index contributed by atoms with van der Waals surface area (Å²) in [7, 11) is 6.91. The Labute approximate surface area is 224 Å². The Morgan fingerprint density at radius 1 is 0.694 bits per heavy atom. The van der Waals surface area contributed by atoms with E-state index in [9.17, 15) is 9.59 Å². The molecule has 10 nitrogen and oxygen atoms in total. The summed E-state index contributed by atoms with van der Waals surface area (Å²) in [6.07, 6.45) is 3.20. The molecule has 0 aliphatic carbocycles. The lowest BCUT2D eigenvalue weighted by Gasteiger charge is -2.07. The highest BCUT2D eigenvalue weighted by Gasteiger charge is 2.09. The molecule has 0 saturated carbocycles. The Morgan fingerprint density at radius 2 is 1.08 bits per heavy atom. The van der Waals surface area contributed by atoms with Crippen LogP contribution in [0.2, 0.25) is 0 Å². The quantitative estimate of drug-likeness (QED) is 0.205. The van der Waals surface area contributed by atoms with Crippen LogP contribution >= 0.6 is 45.1 Å². The zero-order valence-corrected chi connectivity index (χ0v) is 22.6. The van der Waals surface area contributed by atoms with Gasteiger partial charge in [0.15, 0.2) is 10.3 Å². The van der Waals surface area contributed by atoms with Gasteiger partial charge in [-0.3, -0.25) is 9.59 Å². The van der Waals surface area contributed by atoms with Gasteiger partial charge in [-0.1, -0.05) is 45.1 Å². The number of aryl methyl sites for hydroxylation is 2. The molecule has 2 N–H and O–H groups in total.